The summed E-state index contributed by atoms with van der Waals surface area (Å²) in [5.41, 5.74) is 2.17. The van der Waals surface area contributed by atoms with Crippen LogP contribution in [-0.4, -0.2) is 48.0 Å². The molecule has 0 atom stereocenters. The van der Waals surface area contributed by atoms with Gasteiger partial charge < -0.3 is 0 Å². The van der Waals surface area contributed by atoms with E-state index in [-0.39, 0.29) is 23.0 Å². The fraction of sp³-hybridized carbons (Fsp3) is 0.357. The Balaban J connectivity index is 1.55. The van der Waals surface area contributed by atoms with E-state index >= 15 is 0 Å². The van der Waals surface area contributed by atoms with Gasteiger partial charge in [-0.15, -0.1) is 0 Å². The molecule has 1 aliphatic heterocycles. The van der Waals surface area contributed by atoms with E-state index in [2.05, 4.69) is 4.90 Å². The SMILES string of the molecule is Cc1ccc(S(=O)(=O)OCC2(COS(=O)(=O)c3ccc(C)cc3)CCCN(Cc3ccccc3)C2)cc1. The molecule has 1 heterocycles. The summed E-state index contributed by atoms with van der Waals surface area (Å²) in [7, 11) is -8.05. The number of hydrogen-bond donors (Lipinski definition) is 0. The van der Waals surface area contributed by atoms with Crippen molar-refractivity contribution in [3.63, 3.8) is 0 Å². The third-order valence-electron chi connectivity index (χ3n) is 6.65. The van der Waals surface area contributed by atoms with Crippen molar-refractivity contribution in [3.8, 4) is 0 Å². The molecule has 0 spiro atoms. The van der Waals surface area contributed by atoms with Gasteiger partial charge in [0.1, 0.15) is 0 Å². The molecule has 1 aliphatic rings. The monoisotopic (exact) mass is 543 g/mol. The largest absolute Gasteiger partial charge is 0.298 e. The number of rotatable bonds is 10. The van der Waals surface area contributed by atoms with Gasteiger partial charge in [0.25, 0.3) is 20.2 Å². The van der Waals surface area contributed by atoms with Crippen molar-refractivity contribution in [2.45, 2.75) is 43.0 Å². The van der Waals surface area contributed by atoms with Crippen LogP contribution in [0.1, 0.15) is 29.5 Å². The summed E-state index contributed by atoms with van der Waals surface area (Å²) in [6.45, 7) is 5.30. The van der Waals surface area contributed by atoms with E-state index in [0.717, 1.165) is 29.7 Å². The fourth-order valence-electron chi connectivity index (χ4n) is 4.52. The van der Waals surface area contributed by atoms with E-state index in [1.165, 1.54) is 24.3 Å². The summed E-state index contributed by atoms with van der Waals surface area (Å²) in [6.07, 6.45) is 1.33. The molecule has 1 saturated heterocycles. The highest BCUT2D eigenvalue weighted by molar-refractivity contribution is 7.87. The Labute approximate surface area is 220 Å². The van der Waals surface area contributed by atoms with Gasteiger partial charge in [-0.05, 0) is 63.1 Å². The van der Waals surface area contributed by atoms with E-state index < -0.39 is 25.7 Å². The zero-order valence-electron chi connectivity index (χ0n) is 21.2. The lowest BCUT2D eigenvalue weighted by molar-refractivity contribution is 0.00568. The molecule has 9 heteroatoms. The van der Waals surface area contributed by atoms with Gasteiger partial charge in [-0.1, -0.05) is 65.7 Å². The number of hydrogen-bond acceptors (Lipinski definition) is 7. The summed E-state index contributed by atoms with van der Waals surface area (Å²) in [5.74, 6) is 0. The predicted molar refractivity (Wildman–Crippen MR) is 142 cm³/mol. The maximum atomic E-state index is 13.0. The van der Waals surface area contributed by atoms with Crippen LogP contribution in [-0.2, 0) is 35.1 Å². The van der Waals surface area contributed by atoms with E-state index in [0.29, 0.717) is 19.5 Å². The zero-order valence-corrected chi connectivity index (χ0v) is 22.8. The second-order valence-electron chi connectivity index (χ2n) is 9.86. The predicted octanol–water partition coefficient (Wildman–Crippen LogP) is 4.70. The lowest BCUT2D eigenvalue weighted by Gasteiger charge is -2.42. The highest BCUT2D eigenvalue weighted by atomic mass is 32.2. The van der Waals surface area contributed by atoms with Gasteiger partial charge in [0.15, 0.2) is 0 Å². The smallest absolute Gasteiger partial charge is 0.296 e. The molecule has 198 valence electrons. The molecular formula is C28H33NO6S2. The van der Waals surface area contributed by atoms with Crippen molar-refractivity contribution < 1.29 is 25.2 Å². The summed E-state index contributed by atoms with van der Waals surface area (Å²) < 4.78 is 63.0. The van der Waals surface area contributed by atoms with E-state index in [1.54, 1.807) is 24.3 Å². The molecule has 0 unspecified atom stereocenters. The van der Waals surface area contributed by atoms with E-state index in [4.69, 9.17) is 8.37 Å². The molecular weight excluding hydrogens is 510 g/mol. The molecule has 3 aromatic rings. The Morgan fingerprint density at radius 3 is 1.70 bits per heavy atom. The van der Waals surface area contributed by atoms with Crippen LogP contribution in [0.5, 0.6) is 0 Å². The molecule has 0 bridgehead atoms. The van der Waals surface area contributed by atoms with Crippen molar-refractivity contribution in [1.29, 1.82) is 0 Å². The topological polar surface area (TPSA) is 90.0 Å². The Bertz CT molecular complexity index is 1310. The normalized spacial score (nSPS) is 16.5. The minimum atomic E-state index is -4.03. The Morgan fingerprint density at radius 1 is 0.730 bits per heavy atom. The van der Waals surface area contributed by atoms with Gasteiger partial charge in [-0.3, -0.25) is 13.3 Å². The Kier molecular flexibility index (Phi) is 8.50. The minimum absolute atomic E-state index is 0.0680. The molecule has 0 aliphatic carbocycles. The maximum absolute atomic E-state index is 13.0. The van der Waals surface area contributed by atoms with Crippen molar-refractivity contribution in [1.82, 2.24) is 4.90 Å². The van der Waals surface area contributed by atoms with Crippen LogP contribution in [0.15, 0.2) is 88.7 Å². The van der Waals surface area contributed by atoms with Crippen molar-refractivity contribution in [2.24, 2.45) is 5.41 Å². The first kappa shape index (κ1) is 27.5. The first-order valence-corrected chi connectivity index (χ1v) is 15.1. The Hall–Kier alpha value is -2.56. The van der Waals surface area contributed by atoms with Gasteiger partial charge in [-0.25, -0.2) is 0 Å². The lowest BCUT2D eigenvalue weighted by Crippen LogP contribution is -2.48. The quantitative estimate of drug-likeness (QED) is 0.343. The third-order valence-corrected chi connectivity index (χ3v) is 9.20. The van der Waals surface area contributed by atoms with Crippen LogP contribution in [0.3, 0.4) is 0 Å². The second kappa shape index (κ2) is 11.4. The zero-order chi connectivity index (χ0) is 26.5. The van der Waals surface area contributed by atoms with Gasteiger partial charge in [0.05, 0.1) is 23.0 Å². The minimum Gasteiger partial charge on any atom is -0.298 e. The summed E-state index contributed by atoms with van der Waals surface area (Å²) in [6, 6.07) is 22.9. The molecule has 0 amide bonds. The molecule has 4 rings (SSSR count). The molecule has 1 fully saturated rings. The van der Waals surface area contributed by atoms with Crippen LogP contribution in [0.2, 0.25) is 0 Å². The van der Waals surface area contributed by atoms with Crippen LogP contribution < -0.4 is 0 Å². The molecule has 0 N–H and O–H groups in total. The van der Waals surface area contributed by atoms with Crippen molar-refractivity contribution in [3.05, 3.63) is 95.6 Å². The van der Waals surface area contributed by atoms with Gasteiger partial charge in [-0.2, -0.15) is 16.8 Å². The van der Waals surface area contributed by atoms with Gasteiger partial charge in [0, 0.05) is 18.5 Å². The van der Waals surface area contributed by atoms with E-state index in [9.17, 15) is 16.8 Å². The van der Waals surface area contributed by atoms with Crippen LogP contribution in [0.25, 0.3) is 0 Å². The first-order valence-electron chi connectivity index (χ1n) is 12.3. The van der Waals surface area contributed by atoms with Crippen molar-refractivity contribution in [2.75, 3.05) is 26.3 Å². The van der Waals surface area contributed by atoms with Crippen LogP contribution >= 0.6 is 0 Å². The average Bonchev–Trinajstić information content (AvgIpc) is 2.88. The highest BCUT2D eigenvalue weighted by Gasteiger charge is 2.39. The molecule has 3 aromatic carbocycles. The molecule has 0 aromatic heterocycles. The van der Waals surface area contributed by atoms with Gasteiger partial charge >= 0.3 is 0 Å². The Morgan fingerprint density at radius 2 is 1.22 bits per heavy atom. The number of benzene rings is 3. The second-order valence-corrected chi connectivity index (χ2v) is 13.1. The van der Waals surface area contributed by atoms with Gasteiger partial charge in [0.2, 0.25) is 0 Å². The molecule has 37 heavy (non-hydrogen) atoms. The lowest BCUT2D eigenvalue weighted by atomic mass is 9.81. The summed E-state index contributed by atoms with van der Waals surface area (Å²) >= 11 is 0. The standard InChI is InChI=1S/C28H33NO6S2/c1-23-9-13-26(14-10-23)36(30,31)34-21-28(22-35-37(32,33)27-15-11-24(2)12-16-27)17-6-18-29(20-28)19-25-7-4-3-5-8-25/h3-5,7-16H,6,17-22H2,1-2H3. The first-order chi connectivity index (χ1) is 17.6. The number of aryl methyl sites for hydroxylation is 2. The van der Waals surface area contributed by atoms with Crippen molar-refractivity contribution >= 4 is 20.2 Å². The number of likely N-dealkylation sites (tertiary alicyclic amines) is 1. The molecule has 7 nitrogen and oxygen atoms in total. The molecule has 0 saturated carbocycles. The molecule has 0 radical (unpaired) electrons. The summed E-state index contributed by atoms with van der Waals surface area (Å²) in [4.78, 5) is 2.33. The number of nitrogens with zero attached hydrogens (tertiary/aromatic N) is 1. The van der Waals surface area contributed by atoms with E-state index in [1.807, 2.05) is 44.2 Å². The number of piperidine rings is 1. The highest BCUT2D eigenvalue weighted by Crippen LogP contribution is 2.34. The average molecular weight is 544 g/mol. The maximum Gasteiger partial charge on any atom is 0.296 e. The fourth-order valence-corrected chi connectivity index (χ4v) is 6.54. The summed E-state index contributed by atoms with van der Waals surface area (Å²) in [5, 5.41) is 0. The third kappa shape index (κ3) is 7.27. The van der Waals surface area contributed by atoms with Crippen LogP contribution in [0.4, 0.5) is 0 Å². The van der Waals surface area contributed by atoms with Crippen LogP contribution in [0, 0.1) is 19.3 Å².